The number of methoxy groups -OCH3 is 1. The summed E-state index contributed by atoms with van der Waals surface area (Å²) in [5.74, 6) is 0.832. The number of hydrogen-bond donors (Lipinski definition) is 0. The predicted molar refractivity (Wildman–Crippen MR) is 97.1 cm³/mol. The topological polar surface area (TPSA) is 21.6 Å². The highest BCUT2D eigenvalue weighted by Gasteiger charge is 2.06. The van der Waals surface area contributed by atoms with Crippen LogP contribution in [0.2, 0.25) is 5.02 Å². The number of nitrogens with zero attached hydrogens (tertiary/aromatic N) is 1. The van der Waals surface area contributed by atoms with Crippen LogP contribution in [0.25, 0.3) is 11.1 Å². The van der Waals surface area contributed by atoms with Gasteiger partial charge in [-0.1, -0.05) is 48.0 Å². The summed E-state index contributed by atoms with van der Waals surface area (Å²) in [6, 6.07) is 23.6. The van der Waals surface area contributed by atoms with Gasteiger partial charge in [0.1, 0.15) is 5.75 Å². The van der Waals surface area contributed by atoms with Crippen molar-refractivity contribution in [3.05, 3.63) is 83.4 Å². The van der Waals surface area contributed by atoms with Crippen LogP contribution in [0.1, 0.15) is 5.56 Å². The van der Waals surface area contributed by atoms with Crippen LogP contribution in [0.15, 0.2) is 77.8 Å². The van der Waals surface area contributed by atoms with Crippen LogP contribution >= 0.6 is 11.6 Å². The molecule has 2 nitrogen and oxygen atoms in total. The number of rotatable bonds is 4. The first-order chi connectivity index (χ1) is 11.3. The largest absolute Gasteiger partial charge is 0.497 e. The van der Waals surface area contributed by atoms with Gasteiger partial charge in [0, 0.05) is 22.4 Å². The third kappa shape index (κ3) is 3.61. The summed E-state index contributed by atoms with van der Waals surface area (Å²) in [5, 5.41) is 0.722. The summed E-state index contributed by atoms with van der Waals surface area (Å²) in [6.07, 6.45) is 1.84. The lowest BCUT2D eigenvalue weighted by molar-refractivity contribution is 0.415. The zero-order chi connectivity index (χ0) is 16.1. The van der Waals surface area contributed by atoms with Crippen molar-refractivity contribution in [1.82, 2.24) is 0 Å². The first kappa shape index (κ1) is 15.3. The molecule has 0 spiro atoms. The molecule has 0 radical (unpaired) electrons. The van der Waals surface area contributed by atoms with E-state index in [9.17, 15) is 0 Å². The van der Waals surface area contributed by atoms with E-state index in [1.54, 1.807) is 7.11 Å². The first-order valence-electron chi connectivity index (χ1n) is 7.30. The maximum atomic E-state index is 6.32. The molecule has 0 atom stereocenters. The van der Waals surface area contributed by atoms with E-state index in [2.05, 4.69) is 4.99 Å². The van der Waals surface area contributed by atoms with Crippen LogP contribution in [0, 0.1) is 0 Å². The number of para-hydroxylation sites is 1. The van der Waals surface area contributed by atoms with Crippen molar-refractivity contribution in [2.24, 2.45) is 4.99 Å². The molecule has 23 heavy (non-hydrogen) atoms. The molecule has 0 saturated carbocycles. The minimum absolute atomic E-state index is 0.722. The second-order valence-corrected chi connectivity index (χ2v) is 5.44. The SMILES string of the molecule is COc1ccc(C=Nc2ccccc2-c2ccccc2Cl)cc1. The fraction of sp³-hybridized carbons (Fsp3) is 0.0500. The molecule has 0 amide bonds. The minimum atomic E-state index is 0.722. The van der Waals surface area contributed by atoms with Gasteiger partial charge in [0.25, 0.3) is 0 Å². The quantitative estimate of drug-likeness (QED) is 0.559. The van der Waals surface area contributed by atoms with Gasteiger partial charge in [-0.05, 0) is 42.0 Å². The van der Waals surface area contributed by atoms with E-state index < -0.39 is 0 Å². The molecule has 0 aliphatic rings. The number of halogens is 1. The Bertz CT molecular complexity index is 825. The van der Waals surface area contributed by atoms with E-state index in [1.165, 1.54) is 0 Å². The van der Waals surface area contributed by atoms with Crippen molar-refractivity contribution in [3.8, 4) is 16.9 Å². The summed E-state index contributed by atoms with van der Waals surface area (Å²) in [6.45, 7) is 0. The Balaban J connectivity index is 1.94. The Morgan fingerprint density at radius 2 is 1.48 bits per heavy atom. The minimum Gasteiger partial charge on any atom is -0.497 e. The summed E-state index contributed by atoms with van der Waals surface area (Å²) < 4.78 is 5.16. The maximum Gasteiger partial charge on any atom is 0.118 e. The molecule has 0 N–H and O–H groups in total. The Morgan fingerprint density at radius 3 is 2.17 bits per heavy atom. The molecule has 0 aliphatic carbocycles. The van der Waals surface area contributed by atoms with Crippen molar-refractivity contribution in [2.75, 3.05) is 7.11 Å². The molecule has 3 aromatic rings. The second kappa shape index (κ2) is 7.12. The zero-order valence-electron chi connectivity index (χ0n) is 12.7. The molecule has 0 aromatic heterocycles. The van der Waals surface area contributed by atoms with E-state index in [-0.39, 0.29) is 0 Å². The molecule has 114 valence electrons. The highest BCUT2D eigenvalue weighted by atomic mass is 35.5. The van der Waals surface area contributed by atoms with Crippen LogP contribution in [0.3, 0.4) is 0 Å². The average molecular weight is 322 g/mol. The number of ether oxygens (including phenoxy) is 1. The monoisotopic (exact) mass is 321 g/mol. The molecule has 0 fully saturated rings. The van der Waals surface area contributed by atoms with E-state index in [4.69, 9.17) is 16.3 Å². The van der Waals surface area contributed by atoms with Gasteiger partial charge in [-0.3, -0.25) is 4.99 Å². The first-order valence-corrected chi connectivity index (χ1v) is 7.68. The number of benzene rings is 3. The molecule has 3 aromatic carbocycles. The molecule has 0 saturated heterocycles. The maximum absolute atomic E-state index is 6.32. The molecule has 0 bridgehead atoms. The molecule has 0 heterocycles. The molecule has 0 unspecified atom stereocenters. The van der Waals surface area contributed by atoms with E-state index in [0.29, 0.717) is 0 Å². The van der Waals surface area contributed by atoms with Crippen molar-refractivity contribution in [1.29, 1.82) is 0 Å². The van der Waals surface area contributed by atoms with Gasteiger partial charge in [0.15, 0.2) is 0 Å². The molecular weight excluding hydrogens is 306 g/mol. The number of hydrogen-bond acceptors (Lipinski definition) is 2. The van der Waals surface area contributed by atoms with Gasteiger partial charge < -0.3 is 4.74 Å². The van der Waals surface area contributed by atoms with E-state index >= 15 is 0 Å². The average Bonchev–Trinajstić information content (AvgIpc) is 2.61. The van der Waals surface area contributed by atoms with Gasteiger partial charge in [0.2, 0.25) is 0 Å². The summed E-state index contributed by atoms with van der Waals surface area (Å²) in [5.41, 5.74) is 3.90. The third-order valence-electron chi connectivity index (χ3n) is 3.54. The fourth-order valence-electron chi connectivity index (χ4n) is 2.33. The molecule has 3 heteroatoms. The summed E-state index contributed by atoms with van der Waals surface area (Å²) in [4.78, 5) is 4.62. The Kier molecular flexibility index (Phi) is 4.74. The highest BCUT2D eigenvalue weighted by Crippen LogP contribution is 2.34. The standard InChI is InChI=1S/C20H16ClNO/c1-23-16-12-10-15(11-13-16)14-22-20-9-5-3-7-18(20)17-6-2-4-8-19(17)21/h2-14H,1H3. The Morgan fingerprint density at radius 1 is 0.826 bits per heavy atom. The van der Waals surface area contributed by atoms with Crippen LogP contribution in [-0.4, -0.2) is 13.3 Å². The summed E-state index contributed by atoms with van der Waals surface area (Å²) >= 11 is 6.32. The molecular formula is C20H16ClNO. The molecule has 3 rings (SSSR count). The molecule has 0 aliphatic heterocycles. The Labute approximate surface area is 141 Å². The van der Waals surface area contributed by atoms with Crippen LogP contribution in [0.4, 0.5) is 5.69 Å². The van der Waals surface area contributed by atoms with Gasteiger partial charge in [0.05, 0.1) is 12.8 Å². The lowest BCUT2D eigenvalue weighted by Gasteiger charge is -2.07. The van der Waals surface area contributed by atoms with Gasteiger partial charge >= 0.3 is 0 Å². The van der Waals surface area contributed by atoms with Crippen LogP contribution in [-0.2, 0) is 0 Å². The van der Waals surface area contributed by atoms with Gasteiger partial charge in [-0.25, -0.2) is 0 Å². The van der Waals surface area contributed by atoms with Gasteiger partial charge in [-0.2, -0.15) is 0 Å². The lowest BCUT2D eigenvalue weighted by atomic mass is 10.0. The van der Waals surface area contributed by atoms with Crippen molar-refractivity contribution < 1.29 is 4.74 Å². The van der Waals surface area contributed by atoms with Crippen LogP contribution in [0.5, 0.6) is 5.75 Å². The van der Waals surface area contributed by atoms with Crippen LogP contribution < -0.4 is 4.74 Å². The second-order valence-electron chi connectivity index (χ2n) is 5.03. The third-order valence-corrected chi connectivity index (χ3v) is 3.87. The normalized spacial score (nSPS) is 10.9. The number of aliphatic imine (C=N–C) groups is 1. The summed E-state index contributed by atoms with van der Waals surface area (Å²) in [7, 11) is 1.66. The lowest BCUT2D eigenvalue weighted by Crippen LogP contribution is -1.85. The van der Waals surface area contributed by atoms with Gasteiger partial charge in [-0.15, -0.1) is 0 Å². The fourth-order valence-corrected chi connectivity index (χ4v) is 2.57. The van der Waals surface area contributed by atoms with E-state index in [0.717, 1.165) is 33.1 Å². The van der Waals surface area contributed by atoms with Crippen molar-refractivity contribution in [2.45, 2.75) is 0 Å². The van der Waals surface area contributed by atoms with Crippen molar-refractivity contribution >= 4 is 23.5 Å². The van der Waals surface area contributed by atoms with E-state index in [1.807, 2.05) is 79.0 Å². The zero-order valence-corrected chi connectivity index (χ0v) is 13.5. The Hall–Kier alpha value is -2.58. The van der Waals surface area contributed by atoms with Crippen molar-refractivity contribution in [3.63, 3.8) is 0 Å². The predicted octanol–water partition coefficient (Wildman–Crippen LogP) is 5.77. The smallest absolute Gasteiger partial charge is 0.118 e. The highest BCUT2D eigenvalue weighted by molar-refractivity contribution is 6.33.